The fourth-order valence-corrected chi connectivity index (χ4v) is 2.03. The van der Waals surface area contributed by atoms with Crippen LogP contribution in [-0.2, 0) is 0 Å². The molecule has 0 saturated carbocycles. The highest BCUT2D eigenvalue weighted by Crippen LogP contribution is 2.27. The van der Waals surface area contributed by atoms with Crippen molar-refractivity contribution in [2.45, 2.75) is 33.1 Å². The van der Waals surface area contributed by atoms with Gasteiger partial charge in [-0.3, -0.25) is 0 Å². The van der Waals surface area contributed by atoms with Crippen molar-refractivity contribution < 1.29 is 9.47 Å². The van der Waals surface area contributed by atoms with Crippen LogP contribution in [0.25, 0.3) is 0 Å². The highest BCUT2D eigenvalue weighted by atomic mass is 32.1. The first-order valence-corrected chi connectivity index (χ1v) is 7.40. The molecule has 18 heavy (non-hydrogen) atoms. The molecule has 0 bridgehead atoms. The van der Waals surface area contributed by atoms with Gasteiger partial charge in [0.05, 0.1) is 13.2 Å². The Morgan fingerprint density at radius 3 is 2.28 bits per heavy atom. The minimum absolute atomic E-state index is 0.512. The molecule has 0 aliphatic carbocycles. The van der Waals surface area contributed by atoms with Crippen molar-refractivity contribution in [2.24, 2.45) is 5.92 Å². The molecule has 102 valence electrons. The van der Waals surface area contributed by atoms with Crippen LogP contribution in [0.15, 0.2) is 24.3 Å². The van der Waals surface area contributed by atoms with E-state index >= 15 is 0 Å². The van der Waals surface area contributed by atoms with Gasteiger partial charge in [0.1, 0.15) is 0 Å². The molecule has 0 aliphatic rings. The molecule has 1 aromatic rings. The van der Waals surface area contributed by atoms with Gasteiger partial charge < -0.3 is 9.47 Å². The number of hydrogen-bond donors (Lipinski definition) is 1. The average Bonchev–Trinajstić information content (AvgIpc) is 2.42. The van der Waals surface area contributed by atoms with E-state index in [0.717, 1.165) is 36.7 Å². The molecule has 0 spiro atoms. The second kappa shape index (κ2) is 9.15. The van der Waals surface area contributed by atoms with Crippen molar-refractivity contribution in [3.8, 4) is 11.5 Å². The second-order valence-electron chi connectivity index (χ2n) is 4.44. The van der Waals surface area contributed by atoms with Crippen LogP contribution in [0.4, 0.5) is 0 Å². The van der Waals surface area contributed by atoms with Gasteiger partial charge >= 0.3 is 0 Å². The topological polar surface area (TPSA) is 18.5 Å². The van der Waals surface area contributed by atoms with Gasteiger partial charge in [0.2, 0.25) is 0 Å². The summed E-state index contributed by atoms with van der Waals surface area (Å²) in [5, 5.41) is 0. The Hall–Kier alpha value is -0.830. The lowest BCUT2D eigenvalue weighted by atomic mass is 10.1. The lowest BCUT2D eigenvalue weighted by molar-refractivity contribution is 0.233. The van der Waals surface area contributed by atoms with Crippen LogP contribution in [-0.4, -0.2) is 19.0 Å². The molecule has 0 saturated heterocycles. The number of para-hydroxylation sites is 2. The smallest absolute Gasteiger partial charge is 0.161 e. The van der Waals surface area contributed by atoms with Crippen molar-refractivity contribution in [2.75, 3.05) is 19.0 Å². The lowest BCUT2D eigenvalue weighted by Crippen LogP contribution is -2.14. The van der Waals surface area contributed by atoms with Crippen molar-refractivity contribution in [3.05, 3.63) is 24.3 Å². The third-order valence-corrected chi connectivity index (χ3v) is 3.26. The molecule has 0 aliphatic heterocycles. The zero-order chi connectivity index (χ0) is 13.2. The molecule has 0 aromatic heterocycles. The minimum atomic E-state index is 0.512. The predicted molar refractivity (Wildman–Crippen MR) is 80.0 cm³/mol. The molecular weight excluding hydrogens is 244 g/mol. The molecule has 1 rings (SSSR count). The summed E-state index contributed by atoms with van der Waals surface area (Å²) in [6.45, 7) is 5.73. The van der Waals surface area contributed by atoms with E-state index in [0.29, 0.717) is 12.5 Å². The molecular formula is C15H24O2S. The summed E-state index contributed by atoms with van der Waals surface area (Å²) >= 11 is 4.37. The minimum Gasteiger partial charge on any atom is -0.490 e. The second-order valence-corrected chi connectivity index (χ2v) is 4.81. The van der Waals surface area contributed by atoms with Gasteiger partial charge in [0.25, 0.3) is 0 Å². The van der Waals surface area contributed by atoms with E-state index in [1.807, 2.05) is 24.3 Å². The van der Waals surface area contributed by atoms with E-state index in [1.165, 1.54) is 6.42 Å². The van der Waals surface area contributed by atoms with E-state index in [1.54, 1.807) is 0 Å². The largest absolute Gasteiger partial charge is 0.490 e. The third kappa shape index (κ3) is 5.21. The van der Waals surface area contributed by atoms with Crippen LogP contribution in [0.3, 0.4) is 0 Å². The molecule has 2 nitrogen and oxygen atoms in total. The summed E-state index contributed by atoms with van der Waals surface area (Å²) in [6.07, 6.45) is 3.33. The molecule has 0 heterocycles. The molecule has 0 radical (unpaired) electrons. The van der Waals surface area contributed by atoms with Gasteiger partial charge in [-0.05, 0) is 30.7 Å². The lowest BCUT2D eigenvalue weighted by Gasteiger charge is -2.16. The van der Waals surface area contributed by atoms with Crippen molar-refractivity contribution in [1.82, 2.24) is 0 Å². The molecule has 0 fully saturated rings. The number of benzene rings is 1. The van der Waals surface area contributed by atoms with E-state index in [2.05, 4.69) is 26.5 Å². The van der Waals surface area contributed by atoms with E-state index < -0.39 is 0 Å². The highest BCUT2D eigenvalue weighted by molar-refractivity contribution is 7.80. The SMILES string of the molecule is CCCOc1ccccc1OCC(CS)CCC. The fraction of sp³-hybridized carbons (Fsp3) is 0.600. The molecule has 3 heteroatoms. The van der Waals surface area contributed by atoms with E-state index in [4.69, 9.17) is 9.47 Å². The van der Waals surface area contributed by atoms with Gasteiger partial charge in [-0.15, -0.1) is 0 Å². The van der Waals surface area contributed by atoms with E-state index in [9.17, 15) is 0 Å². The average molecular weight is 268 g/mol. The van der Waals surface area contributed by atoms with Gasteiger partial charge in [0.15, 0.2) is 11.5 Å². The van der Waals surface area contributed by atoms with Crippen LogP contribution in [0.5, 0.6) is 11.5 Å². The Bertz CT molecular complexity index is 328. The maximum Gasteiger partial charge on any atom is 0.161 e. The van der Waals surface area contributed by atoms with Crippen LogP contribution < -0.4 is 9.47 Å². The summed E-state index contributed by atoms with van der Waals surface area (Å²) in [7, 11) is 0. The molecule has 1 atom stereocenters. The Balaban J connectivity index is 2.54. The van der Waals surface area contributed by atoms with Crippen molar-refractivity contribution in [3.63, 3.8) is 0 Å². The standard InChI is InChI=1S/C15H24O2S/c1-3-7-13(12-18)11-17-15-9-6-5-8-14(15)16-10-4-2/h5-6,8-9,13,18H,3-4,7,10-12H2,1-2H3. The van der Waals surface area contributed by atoms with Gasteiger partial charge in [0, 0.05) is 5.92 Å². The van der Waals surface area contributed by atoms with Crippen molar-refractivity contribution >= 4 is 12.6 Å². The maximum atomic E-state index is 5.87. The maximum absolute atomic E-state index is 5.87. The first kappa shape index (κ1) is 15.2. The molecule has 1 aromatic carbocycles. The fourth-order valence-electron chi connectivity index (χ4n) is 1.74. The summed E-state index contributed by atoms with van der Waals surface area (Å²) in [4.78, 5) is 0. The normalized spacial score (nSPS) is 12.2. The predicted octanol–water partition coefficient (Wildman–Crippen LogP) is 4.20. The molecule has 0 amide bonds. The number of hydrogen-bond acceptors (Lipinski definition) is 3. The highest BCUT2D eigenvalue weighted by Gasteiger charge is 2.09. The van der Waals surface area contributed by atoms with Crippen LogP contribution >= 0.6 is 12.6 Å². The molecule has 1 unspecified atom stereocenters. The number of rotatable bonds is 9. The van der Waals surface area contributed by atoms with Crippen molar-refractivity contribution in [1.29, 1.82) is 0 Å². The molecule has 0 N–H and O–H groups in total. The van der Waals surface area contributed by atoms with Gasteiger partial charge in [-0.2, -0.15) is 12.6 Å². The summed E-state index contributed by atoms with van der Waals surface area (Å²) in [6, 6.07) is 7.87. The summed E-state index contributed by atoms with van der Waals surface area (Å²) < 4.78 is 11.5. The van der Waals surface area contributed by atoms with Crippen LogP contribution in [0, 0.1) is 5.92 Å². The third-order valence-electron chi connectivity index (χ3n) is 2.74. The van der Waals surface area contributed by atoms with Crippen LogP contribution in [0.1, 0.15) is 33.1 Å². The number of thiol groups is 1. The quantitative estimate of drug-likeness (QED) is 0.677. The zero-order valence-corrected chi connectivity index (χ0v) is 12.3. The first-order valence-electron chi connectivity index (χ1n) is 6.77. The monoisotopic (exact) mass is 268 g/mol. The zero-order valence-electron chi connectivity index (χ0n) is 11.4. The summed E-state index contributed by atoms with van der Waals surface area (Å²) in [5.74, 6) is 3.06. The first-order chi connectivity index (χ1) is 8.81. The Morgan fingerprint density at radius 2 is 1.72 bits per heavy atom. The number of ether oxygens (including phenoxy) is 2. The van der Waals surface area contributed by atoms with Gasteiger partial charge in [-0.25, -0.2) is 0 Å². The van der Waals surface area contributed by atoms with E-state index in [-0.39, 0.29) is 0 Å². The summed E-state index contributed by atoms with van der Waals surface area (Å²) in [5.41, 5.74) is 0. The Kier molecular flexibility index (Phi) is 7.74. The van der Waals surface area contributed by atoms with Crippen LogP contribution in [0.2, 0.25) is 0 Å². The Morgan fingerprint density at radius 1 is 1.06 bits per heavy atom. The Labute approximate surface area is 116 Å². The van der Waals surface area contributed by atoms with Gasteiger partial charge in [-0.1, -0.05) is 32.4 Å².